The van der Waals surface area contributed by atoms with Crippen LogP contribution in [-0.2, 0) is 21.2 Å². The third kappa shape index (κ3) is 8.35. The van der Waals surface area contributed by atoms with Crippen molar-refractivity contribution >= 4 is 45.7 Å². The minimum Gasteiger partial charge on any atom is -0.357 e. The lowest BCUT2D eigenvalue weighted by Crippen LogP contribution is -2.41. The quantitative estimate of drug-likeness (QED) is 0.299. The molecule has 26 heavy (non-hydrogen) atoms. The predicted molar refractivity (Wildman–Crippen MR) is 114 cm³/mol. The van der Waals surface area contributed by atoms with Crippen molar-refractivity contribution in [3.8, 4) is 0 Å². The maximum Gasteiger partial charge on any atom is 0.222 e. The van der Waals surface area contributed by atoms with Gasteiger partial charge in [0.25, 0.3) is 0 Å². The molecule has 1 heterocycles. The number of amides is 1. The van der Waals surface area contributed by atoms with E-state index in [-0.39, 0.29) is 53.9 Å². The first-order chi connectivity index (χ1) is 12.0. The van der Waals surface area contributed by atoms with Gasteiger partial charge in [-0.1, -0.05) is 30.3 Å². The number of guanidine groups is 1. The van der Waals surface area contributed by atoms with Crippen LogP contribution >= 0.6 is 24.0 Å². The number of rotatable bonds is 7. The highest BCUT2D eigenvalue weighted by Crippen LogP contribution is 2.11. The minimum atomic E-state index is -2.98. The van der Waals surface area contributed by atoms with E-state index in [9.17, 15) is 13.2 Å². The predicted octanol–water partition coefficient (Wildman–Crippen LogP) is 1.05. The molecule has 1 aromatic carbocycles. The van der Waals surface area contributed by atoms with Gasteiger partial charge in [-0.2, -0.15) is 0 Å². The number of halogens is 1. The highest BCUT2D eigenvalue weighted by molar-refractivity contribution is 14.0. The molecule has 7 nitrogen and oxygen atoms in total. The number of sulfone groups is 1. The fraction of sp³-hybridized carbons (Fsp3) is 0.529. The molecule has 0 aliphatic carbocycles. The van der Waals surface area contributed by atoms with Crippen LogP contribution in [-0.4, -0.2) is 50.9 Å². The molecule has 1 amide bonds. The molecular weight excluding hydrogens is 467 g/mol. The standard InChI is InChI=1S/C17H26N4O3S.HI/c1-2-18-17(20-12-14-6-4-3-5-7-14)19-10-8-16(22)21-15-9-11-25(23,24)13-15;/h3-7,15H,2,8-13H2,1H3,(H,21,22)(H2,18,19,20);1H. The largest absolute Gasteiger partial charge is 0.357 e. The van der Waals surface area contributed by atoms with Crippen LogP contribution in [0.5, 0.6) is 0 Å². The summed E-state index contributed by atoms with van der Waals surface area (Å²) in [7, 11) is -2.98. The highest BCUT2D eigenvalue weighted by atomic mass is 127. The molecule has 2 rings (SSSR count). The van der Waals surface area contributed by atoms with Gasteiger partial charge in [0.2, 0.25) is 5.91 Å². The average molecular weight is 494 g/mol. The number of nitrogens with zero attached hydrogens (tertiary/aromatic N) is 1. The molecule has 146 valence electrons. The van der Waals surface area contributed by atoms with Crippen molar-refractivity contribution in [3.63, 3.8) is 0 Å². The zero-order valence-electron chi connectivity index (χ0n) is 14.9. The molecule has 3 N–H and O–H groups in total. The number of aliphatic imine (C=N–C) groups is 1. The SMILES string of the molecule is CCNC(=NCc1ccccc1)NCCC(=O)NC1CCS(=O)(=O)C1.I. The summed E-state index contributed by atoms with van der Waals surface area (Å²) in [5.74, 6) is 0.719. The number of hydrogen-bond acceptors (Lipinski definition) is 4. The van der Waals surface area contributed by atoms with Gasteiger partial charge in [-0.15, -0.1) is 24.0 Å². The molecule has 0 aromatic heterocycles. The lowest BCUT2D eigenvalue weighted by molar-refractivity contribution is -0.121. The zero-order chi connectivity index (χ0) is 18.1. The van der Waals surface area contributed by atoms with E-state index in [1.54, 1.807) is 0 Å². The van der Waals surface area contributed by atoms with Crippen molar-refractivity contribution in [2.75, 3.05) is 24.6 Å². The van der Waals surface area contributed by atoms with Gasteiger partial charge in [0.05, 0.1) is 18.1 Å². The second-order valence-corrected chi connectivity index (χ2v) is 8.25. The summed E-state index contributed by atoms with van der Waals surface area (Å²) in [5.41, 5.74) is 1.11. The topological polar surface area (TPSA) is 99.7 Å². The van der Waals surface area contributed by atoms with Crippen molar-refractivity contribution in [2.45, 2.75) is 32.4 Å². The Hall–Kier alpha value is -1.36. The van der Waals surface area contributed by atoms with E-state index in [1.165, 1.54) is 0 Å². The van der Waals surface area contributed by atoms with Crippen molar-refractivity contribution in [2.24, 2.45) is 4.99 Å². The molecule has 0 saturated carbocycles. The van der Waals surface area contributed by atoms with Crippen molar-refractivity contribution in [3.05, 3.63) is 35.9 Å². The van der Waals surface area contributed by atoms with E-state index in [1.807, 2.05) is 37.3 Å². The Labute approximate surface area is 172 Å². The Balaban J connectivity index is 0.00000338. The molecule has 1 fully saturated rings. The molecular formula is C17H27IN4O3S. The number of benzene rings is 1. The van der Waals surface area contributed by atoms with E-state index in [2.05, 4.69) is 20.9 Å². The Bertz CT molecular complexity index is 695. The van der Waals surface area contributed by atoms with Crippen LogP contribution in [0.4, 0.5) is 0 Å². The molecule has 1 aliphatic heterocycles. The van der Waals surface area contributed by atoms with Crippen molar-refractivity contribution < 1.29 is 13.2 Å². The molecule has 0 bridgehead atoms. The summed E-state index contributed by atoms with van der Waals surface area (Å²) in [5, 5.41) is 9.04. The Morgan fingerprint density at radius 1 is 1.23 bits per heavy atom. The smallest absolute Gasteiger partial charge is 0.222 e. The lowest BCUT2D eigenvalue weighted by Gasteiger charge is -2.13. The second kappa shape index (κ2) is 11.4. The third-order valence-corrected chi connectivity index (χ3v) is 5.62. The van der Waals surface area contributed by atoms with Crippen LogP contribution in [0.25, 0.3) is 0 Å². The molecule has 0 spiro atoms. The van der Waals surface area contributed by atoms with Crippen LogP contribution in [0, 0.1) is 0 Å². The lowest BCUT2D eigenvalue weighted by atomic mass is 10.2. The van der Waals surface area contributed by atoms with Crippen LogP contribution < -0.4 is 16.0 Å². The molecule has 1 aliphatic rings. The van der Waals surface area contributed by atoms with Gasteiger partial charge in [0.1, 0.15) is 0 Å². The van der Waals surface area contributed by atoms with Gasteiger partial charge in [-0.25, -0.2) is 13.4 Å². The monoisotopic (exact) mass is 494 g/mol. The summed E-state index contributed by atoms with van der Waals surface area (Å²) in [4.78, 5) is 16.4. The van der Waals surface area contributed by atoms with E-state index in [4.69, 9.17) is 0 Å². The summed E-state index contributed by atoms with van der Waals surface area (Å²) in [6.45, 7) is 3.70. The number of nitrogens with one attached hydrogen (secondary N) is 3. The Morgan fingerprint density at radius 2 is 1.96 bits per heavy atom. The summed E-state index contributed by atoms with van der Waals surface area (Å²) in [6.07, 6.45) is 0.773. The van der Waals surface area contributed by atoms with E-state index in [0.717, 1.165) is 12.1 Å². The van der Waals surface area contributed by atoms with Gasteiger partial charge in [-0.05, 0) is 18.9 Å². The summed E-state index contributed by atoms with van der Waals surface area (Å²) < 4.78 is 22.8. The van der Waals surface area contributed by atoms with Gasteiger partial charge in [0.15, 0.2) is 15.8 Å². The van der Waals surface area contributed by atoms with Gasteiger partial charge >= 0.3 is 0 Å². The van der Waals surface area contributed by atoms with Gasteiger partial charge in [-0.3, -0.25) is 4.79 Å². The van der Waals surface area contributed by atoms with Crippen molar-refractivity contribution in [1.82, 2.24) is 16.0 Å². The summed E-state index contributed by atoms with van der Waals surface area (Å²) in [6, 6.07) is 9.67. The third-order valence-electron chi connectivity index (χ3n) is 3.85. The Kier molecular flexibility index (Phi) is 9.92. The summed E-state index contributed by atoms with van der Waals surface area (Å²) >= 11 is 0. The van der Waals surface area contributed by atoms with E-state index >= 15 is 0 Å². The maximum absolute atomic E-state index is 11.9. The van der Waals surface area contributed by atoms with Crippen LogP contribution in [0.2, 0.25) is 0 Å². The van der Waals surface area contributed by atoms with Gasteiger partial charge < -0.3 is 16.0 Å². The Morgan fingerprint density at radius 3 is 2.58 bits per heavy atom. The number of carbonyl (C=O) groups excluding carboxylic acids is 1. The molecule has 9 heteroatoms. The second-order valence-electron chi connectivity index (χ2n) is 6.03. The first kappa shape index (κ1) is 22.7. The van der Waals surface area contributed by atoms with Crippen LogP contribution in [0.3, 0.4) is 0 Å². The van der Waals surface area contributed by atoms with Crippen LogP contribution in [0.15, 0.2) is 35.3 Å². The first-order valence-corrected chi connectivity index (χ1v) is 10.4. The zero-order valence-corrected chi connectivity index (χ0v) is 18.0. The highest BCUT2D eigenvalue weighted by Gasteiger charge is 2.28. The fourth-order valence-corrected chi connectivity index (χ4v) is 4.27. The van der Waals surface area contributed by atoms with E-state index < -0.39 is 9.84 Å². The van der Waals surface area contributed by atoms with Gasteiger partial charge in [0, 0.05) is 25.6 Å². The molecule has 1 unspecified atom stereocenters. The average Bonchev–Trinajstić information content (AvgIpc) is 2.92. The molecule has 0 radical (unpaired) electrons. The normalized spacial score (nSPS) is 18.7. The molecule has 1 saturated heterocycles. The van der Waals surface area contributed by atoms with E-state index in [0.29, 0.717) is 25.5 Å². The van der Waals surface area contributed by atoms with Crippen LogP contribution in [0.1, 0.15) is 25.3 Å². The maximum atomic E-state index is 11.9. The van der Waals surface area contributed by atoms with Crippen molar-refractivity contribution in [1.29, 1.82) is 0 Å². The number of carbonyl (C=O) groups is 1. The number of hydrogen-bond donors (Lipinski definition) is 3. The first-order valence-electron chi connectivity index (χ1n) is 8.54. The molecule has 1 aromatic rings. The molecule has 1 atom stereocenters. The minimum absolute atomic E-state index is 0. The fourth-order valence-electron chi connectivity index (χ4n) is 2.60.